The van der Waals surface area contributed by atoms with Gasteiger partial charge in [0.1, 0.15) is 0 Å². The zero-order valence-corrected chi connectivity index (χ0v) is 20.9. The molecule has 1 aliphatic carbocycles. The third-order valence-electron chi connectivity index (χ3n) is 7.33. The highest BCUT2D eigenvalue weighted by Gasteiger charge is 2.16. The predicted molar refractivity (Wildman–Crippen MR) is 143 cm³/mol. The van der Waals surface area contributed by atoms with Crippen molar-refractivity contribution in [2.24, 2.45) is 5.92 Å². The predicted octanol–water partition coefficient (Wildman–Crippen LogP) is 5.63. The van der Waals surface area contributed by atoms with E-state index in [1.54, 1.807) is 0 Å². The SMILES string of the molecule is CC=CCc1cn(CCC2CCCCC2)c(=O)n1Cc1ccc(-c2ccccc2-c2nnn[nH]2)cc1. The van der Waals surface area contributed by atoms with Gasteiger partial charge in [-0.25, -0.2) is 9.89 Å². The van der Waals surface area contributed by atoms with E-state index < -0.39 is 0 Å². The van der Waals surface area contributed by atoms with Crippen LogP contribution in [0, 0.1) is 5.92 Å². The first-order valence-electron chi connectivity index (χ1n) is 13.1. The van der Waals surface area contributed by atoms with E-state index in [1.807, 2.05) is 40.3 Å². The molecule has 0 spiro atoms. The summed E-state index contributed by atoms with van der Waals surface area (Å²) in [5.74, 6) is 1.40. The molecule has 7 nitrogen and oxygen atoms in total. The third-order valence-corrected chi connectivity index (χ3v) is 7.33. The van der Waals surface area contributed by atoms with Crippen LogP contribution in [0.3, 0.4) is 0 Å². The Labute approximate surface area is 211 Å². The lowest BCUT2D eigenvalue weighted by Gasteiger charge is -2.21. The van der Waals surface area contributed by atoms with Crippen molar-refractivity contribution in [2.75, 3.05) is 0 Å². The van der Waals surface area contributed by atoms with Gasteiger partial charge >= 0.3 is 5.69 Å². The Balaban J connectivity index is 1.36. The molecule has 0 aliphatic heterocycles. The molecule has 0 bridgehead atoms. The van der Waals surface area contributed by atoms with E-state index in [-0.39, 0.29) is 5.69 Å². The molecule has 7 heteroatoms. The van der Waals surface area contributed by atoms with E-state index in [0.29, 0.717) is 12.4 Å². The van der Waals surface area contributed by atoms with Gasteiger partial charge in [0.15, 0.2) is 5.82 Å². The van der Waals surface area contributed by atoms with Crippen molar-refractivity contribution in [1.82, 2.24) is 29.8 Å². The van der Waals surface area contributed by atoms with Crippen LogP contribution in [0.5, 0.6) is 0 Å². The van der Waals surface area contributed by atoms with Gasteiger partial charge in [0.05, 0.1) is 6.54 Å². The molecular formula is C29H34N6O. The maximum Gasteiger partial charge on any atom is 0.328 e. The maximum atomic E-state index is 13.4. The number of aryl methyl sites for hydroxylation is 1. The van der Waals surface area contributed by atoms with E-state index >= 15 is 0 Å². The van der Waals surface area contributed by atoms with Crippen molar-refractivity contribution in [3.8, 4) is 22.5 Å². The molecule has 2 aromatic carbocycles. The first-order chi connectivity index (χ1) is 17.7. The van der Waals surface area contributed by atoms with E-state index in [2.05, 4.69) is 63.2 Å². The van der Waals surface area contributed by atoms with E-state index in [9.17, 15) is 4.79 Å². The molecule has 0 atom stereocenters. The molecule has 0 saturated heterocycles. The van der Waals surface area contributed by atoms with Gasteiger partial charge < -0.3 is 0 Å². The number of nitrogens with one attached hydrogen (secondary N) is 1. The summed E-state index contributed by atoms with van der Waals surface area (Å²) in [6, 6.07) is 16.5. The standard InChI is InChI=1S/C29H34N6O/c1-2-3-11-25-21-34(19-18-22-9-5-4-6-10-22)29(36)35(25)20-23-14-16-24(17-15-23)26-12-7-8-13-27(26)28-30-32-33-31-28/h2-3,7-8,12-17,21-22H,4-6,9-11,18-20H2,1H3,(H,30,31,32,33). The molecule has 186 valence electrons. The second kappa shape index (κ2) is 11.3. The summed E-state index contributed by atoms with van der Waals surface area (Å²) >= 11 is 0. The fourth-order valence-electron chi connectivity index (χ4n) is 5.30. The number of tetrazole rings is 1. The quantitative estimate of drug-likeness (QED) is 0.313. The topological polar surface area (TPSA) is 81.4 Å². The van der Waals surface area contributed by atoms with Crippen LogP contribution >= 0.6 is 0 Å². The van der Waals surface area contributed by atoms with Crippen LogP contribution in [0.1, 0.15) is 56.7 Å². The second-order valence-corrected chi connectivity index (χ2v) is 9.74. The van der Waals surface area contributed by atoms with Crippen LogP contribution in [0.4, 0.5) is 0 Å². The molecule has 0 unspecified atom stereocenters. The highest BCUT2D eigenvalue weighted by atomic mass is 16.1. The zero-order valence-electron chi connectivity index (χ0n) is 20.9. The lowest BCUT2D eigenvalue weighted by molar-refractivity contribution is 0.322. The Morgan fingerprint density at radius 3 is 2.53 bits per heavy atom. The van der Waals surface area contributed by atoms with Crippen molar-refractivity contribution < 1.29 is 0 Å². The minimum Gasteiger partial charge on any atom is -0.299 e. The van der Waals surface area contributed by atoms with Gasteiger partial charge in [0.25, 0.3) is 0 Å². The van der Waals surface area contributed by atoms with E-state index in [0.717, 1.165) is 53.3 Å². The largest absolute Gasteiger partial charge is 0.328 e. The van der Waals surface area contributed by atoms with Gasteiger partial charge in [-0.2, -0.15) is 0 Å². The fraction of sp³-hybridized carbons (Fsp3) is 0.379. The third kappa shape index (κ3) is 5.40. The van der Waals surface area contributed by atoms with Gasteiger partial charge in [0, 0.05) is 30.4 Å². The molecule has 2 heterocycles. The van der Waals surface area contributed by atoms with Crippen molar-refractivity contribution in [3.05, 3.63) is 88.6 Å². The Morgan fingerprint density at radius 2 is 1.81 bits per heavy atom. The first-order valence-corrected chi connectivity index (χ1v) is 13.1. The number of rotatable bonds is 9. The molecule has 1 fully saturated rings. The highest BCUT2D eigenvalue weighted by molar-refractivity contribution is 5.80. The number of hydrogen-bond donors (Lipinski definition) is 1. The second-order valence-electron chi connectivity index (χ2n) is 9.74. The van der Waals surface area contributed by atoms with Crippen LogP contribution in [0.25, 0.3) is 22.5 Å². The summed E-state index contributed by atoms with van der Waals surface area (Å²) in [7, 11) is 0. The fourth-order valence-corrected chi connectivity index (χ4v) is 5.30. The van der Waals surface area contributed by atoms with Crippen molar-refractivity contribution in [1.29, 1.82) is 0 Å². The summed E-state index contributed by atoms with van der Waals surface area (Å²) < 4.78 is 3.87. The lowest BCUT2D eigenvalue weighted by Crippen LogP contribution is -2.26. The number of hydrogen-bond acceptors (Lipinski definition) is 4. The number of aromatic amines is 1. The van der Waals surface area contributed by atoms with Crippen LogP contribution in [-0.4, -0.2) is 29.8 Å². The number of nitrogens with zero attached hydrogens (tertiary/aromatic N) is 5. The average molecular weight is 483 g/mol. The van der Waals surface area contributed by atoms with E-state index in [4.69, 9.17) is 0 Å². The minimum absolute atomic E-state index is 0.0950. The van der Waals surface area contributed by atoms with E-state index in [1.165, 1.54) is 32.1 Å². The molecule has 1 aliphatic rings. The van der Waals surface area contributed by atoms with Crippen molar-refractivity contribution in [3.63, 3.8) is 0 Å². The smallest absolute Gasteiger partial charge is 0.299 e. The van der Waals surface area contributed by atoms with Crippen molar-refractivity contribution >= 4 is 0 Å². The van der Waals surface area contributed by atoms with Crippen LogP contribution in [0.2, 0.25) is 0 Å². The van der Waals surface area contributed by atoms with Crippen molar-refractivity contribution in [2.45, 2.75) is 65.0 Å². The molecule has 1 N–H and O–H groups in total. The van der Waals surface area contributed by atoms with Gasteiger partial charge in [0.2, 0.25) is 0 Å². The summed E-state index contributed by atoms with van der Waals surface area (Å²) in [5.41, 5.74) is 5.35. The molecule has 36 heavy (non-hydrogen) atoms. The molecule has 0 radical (unpaired) electrons. The lowest BCUT2D eigenvalue weighted by atomic mass is 9.87. The first kappa shape index (κ1) is 24.0. The van der Waals surface area contributed by atoms with Crippen LogP contribution in [-0.2, 0) is 19.5 Å². The number of aromatic nitrogens is 6. The van der Waals surface area contributed by atoms with Gasteiger partial charge in [-0.3, -0.25) is 9.13 Å². The van der Waals surface area contributed by atoms with Gasteiger partial charge in [-0.1, -0.05) is 92.8 Å². The monoisotopic (exact) mass is 482 g/mol. The van der Waals surface area contributed by atoms with Crippen LogP contribution in [0.15, 0.2) is 71.7 Å². The zero-order chi connectivity index (χ0) is 24.7. The Morgan fingerprint density at radius 1 is 1.03 bits per heavy atom. The summed E-state index contributed by atoms with van der Waals surface area (Å²) in [6.45, 7) is 3.40. The summed E-state index contributed by atoms with van der Waals surface area (Å²) in [4.78, 5) is 13.4. The van der Waals surface area contributed by atoms with Gasteiger partial charge in [-0.15, -0.1) is 5.10 Å². The molecule has 4 aromatic rings. The Kier molecular flexibility index (Phi) is 7.55. The molecule has 5 rings (SSSR count). The molecular weight excluding hydrogens is 448 g/mol. The highest BCUT2D eigenvalue weighted by Crippen LogP contribution is 2.30. The molecule has 0 amide bonds. The van der Waals surface area contributed by atoms with Gasteiger partial charge in [-0.05, 0) is 46.4 Å². The Hall–Kier alpha value is -3.74. The average Bonchev–Trinajstić information content (AvgIpc) is 3.56. The Bertz CT molecular complexity index is 1340. The number of H-pyrrole nitrogens is 1. The summed E-state index contributed by atoms with van der Waals surface area (Å²) in [5, 5.41) is 14.4. The number of imidazole rings is 1. The normalized spacial score (nSPS) is 14.6. The molecule has 1 saturated carbocycles. The number of benzene rings is 2. The maximum absolute atomic E-state index is 13.4. The summed E-state index contributed by atoms with van der Waals surface area (Å²) in [6.07, 6.45) is 14.8. The molecule has 2 aromatic heterocycles. The minimum atomic E-state index is 0.0950. The van der Waals surface area contributed by atoms with Crippen LogP contribution < -0.4 is 5.69 Å². The number of allylic oxidation sites excluding steroid dienone is 2.